The van der Waals surface area contributed by atoms with Gasteiger partial charge in [0.25, 0.3) is 0 Å². The number of halogens is 2. The van der Waals surface area contributed by atoms with E-state index in [0.717, 1.165) is 12.8 Å². The summed E-state index contributed by atoms with van der Waals surface area (Å²) in [4.78, 5) is 9.61. The van der Waals surface area contributed by atoms with Gasteiger partial charge in [-0.15, -0.1) is 0 Å². The van der Waals surface area contributed by atoms with Crippen molar-refractivity contribution in [3.05, 3.63) is 0 Å². The molecule has 0 spiro atoms. The molecule has 0 amide bonds. The molecule has 0 saturated carbocycles. The van der Waals surface area contributed by atoms with Crippen LogP contribution in [0.4, 0.5) is 0 Å². The zero-order chi connectivity index (χ0) is 9.98. The quantitative estimate of drug-likeness (QED) is 0.533. The summed E-state index contributed by atoms with van der Waals surface area (Å²) in [6.07, 6.45) is 1.44. The van der Waals surface area contributed by atoms with E-state index in [4.69, 9.17) is 15.3 Å². The molecule has 0 aromatic carbocycles. The van der Waals surface area contributed by atoms with Crippen molar-refractivity contribution in [2.24, 2.45) is 0 Å². The van der Waals surface area contributed by atoms with Crippen LogP contribution < -0.4 is 0 Å². The third-order valence-electron chi connectivity index (χ3n) is 0.753. The first-order valence-electron chi connectivity index (χ1n) is 3.29. The Hall–Kier alpha value is 0.350. The summed E-state index contributed by atoms with van der Waals surface area (Å²) in [7, 11) is 0. The Kier molecular flexibility index (Phi) is 14.0. The van der Waals surface area contributed by atoms with E-state index < -0.39 is 9.71 Å². The molecule has 0 atom stereocenters. The van der Waals surface area contributed by atoms with Crippen molar-refractivity contribution in [2.45, 2.75) is 16.6 Å². The summed E-state index contributed by atoms with van der Waals surface area (Å²) >= 11 is 5.51. The van der Waals surface area contributed by atoms with Crippen LogP contribution in [-0.4, -0.2) is 38.2 Å². The maximum Gasteiger partial charge on any atom is 0.328 e. The molecule has 0 aromatic rings. The summed E-state index contributed by atoms with van der Waals surface area (Å²) < 4.78 is -0.606. The molecule has 74 valence electrons. The molecular weight excluding hydrogens is 296 g/mol. The highest BCUT2D eigenvalue weighted by atomic mass is 79.9. The summed E-state index contributed by atoms with van der Waals surface area (Å²) in [6.45, 7) is 0.390. The van der Waals surface area contributed by atoms with E-state index in [1.54, 1.807) is 0 Å². The Balaban J connectivity index is 0. The minimum absolute atomic E-state index is 0.195. The molecule has 0 unspecified atom stereocenters. The van der Waals surface area contributed by atoms with Gasteiger partial charge in [0.05, 0.1) is 0 Å². The lowest BCUT2D eigenvalue weighted by Gasteiger charge is -1.85. The number of aliphatic carboxylic acids is 1. The molecule has 0 aliphatic rings. The molecule has 0 rings (SSSR count). The van der Waals surface area contributed by atoms with E-state index in [2.05, 4.69) is 31.9 Å². The van der Waals surface area contributed by atoms with Crippen LogP contribution in [0.1, 0.15) is 12.8 Å². The predicted molar refractivity (Wildman–Crippen MR) is 52.7 cm³/mol. The predicted octanol–water partition coefficient (Wildman–Crippen LogP) is 0.938. The van der Waals surface area contributed by atoms with Crippen molar-refractivity contribution in [3.8, 4) is 0 Å². The zero-order valence-electron chi connectivity index (χ0n) is 6.41. The van der Waals surface area contributed by atoms with Gasteiger partial charge in [-0.3, -0.25) is 4.79 Å². The molecule has 12 heavy (non-hydrogen) atoms. The molecule has 0 aliphatic carbocycles. The van der Waals surface area contributed by atoms with Gasteiger partial charge in [0, 0.05) is 13.2 Å². The van der Waals surface area contributed by atoms with E-state index in [0.29, 0.717) is 0 Å². The highest BCUT2D eigenvalue weighted by Crippen LogP contribution is 2.05. The first-order valence-corrected chi connectivity index (χ1v) is 5.12. The highest BCUT2D eigenvalue weighted by Gasteiger charge is 2.04. The minimum Gasteiger partial charge on any atom is -0.480 e. The van der Waals surface area contributed by atoms with Crippen molar-refractivity contribution < 1.29 is 20.1 Å². The number of alkyl halides is 2. The fourth-order valence-corrected chi connectivity index (χ4v) is 0.224. The SMILES string of the molecule is O=C(O)C(Br)Br.OCCCCO. The second-order valence-corrected chi connectivity index (χ2v) is 4.85. The Morgan fingerprint density at radius 1 is 1.17 bits per heavy atom. The van der Waals surface area contributed by atoms with Gasteiger partial charge >= 0.3 is 5.97 Å². The maximum absolute atomic E-state index is 9.61. The van der Waals surface area contributed by atoms with E-state index >= 15 is 0 Å². The standard InChI is InChI=1S/C4H10O2.C2H2Br2O2/c5-3-1-2-4-6;3-1(4)2(5)6/h5-6H,1-4H2;1H,(H,5,6). The molecule has 0 aromatic heterocycles. The number of unbranched alkanes of at least 4 members (excludes halogenated alkanes) is 1. The Bertz CT molecular complexity index is 104. The average Bonchev–Trinajstić information content (AvgIpc) is 2.02. The number of aliphatic hydroxyl groups excluding tert-OH is 2. The Morgan fingerprint density at radius 3 is 1.50 bits per heavy atom. The van der Waals surface area contributed by atoms with Crippen molar-refractivity contribution in [1.82, 2.24) is 0 Å². The van der Waals surface area contributed by atoms with Crippen LogP contribution in [0.25, 0.3) is 0 Å². The van der Waals surface area contributed by atoms with Crippen LogP contribution in [0, 0.1) is 0 Å². The van der Waals surface area contributed by atoms with Gasteiger partial charge in [-0.1, -0.05) is 31.9 Å². The number of carboxylic acids is 1. The summed E-state index contributed by atoms with van der Waals surface area (Å²) in [5, 5.41) is 24.1. The number of carboxylic acid groups (broad SMARTS) is 1. The highest BCUT2D eigenvalue weighted by molar-refractivity contribution is 9.25. The third kappa shape index (κ3) is 16.7. The van der Waals surface area contributed by atoms with Gasteiger partial charge in [0.1, 0.15) is 0 Å². The second-order valence-electron chi connectivity index (χ2n) is 1.79. The molecule has 0 saturated heterocycles. The van der Waals surface area contributed by atoms with Crippen molar-refractivity contribution in [1.29, 1.82) is 0 Å². The van der Waals surface area contributed by atoms with E-state index in [1.807, 2.05) is 0 Å². The lowest BCUT2D eigenvalue weighted by Crippen LogP contribution is -2.02. The summed E-state index contributed by atoms with van der Waals surface area (Å²) in [6, 6.07) is 0. The molecule has 0 heterocycles. The van der Waals surface area contributed by atoms with Gasteiger partial charge in [-0.2, -0.15) is 0 Å². The maximum atomic E-state index is 9.61. The number of carbonyl (C=O) groups is 1. The van der Waals surface area contributed by atoms with Crippen LogP contribution in [0.15, 0.2) is 0 Å². The Morgan fingerprint density at radius 2 is 1.42 bits per heavy atom. The van der Waals surface area contributed by atoms with Gasteiger partial charge in [0.2, 0.25) is 0 Å². The normalized spacial score (nSPS) is 9.08. The first-order chi connectivity index (χ1) is 5.56. The van der Waals surface area contributed by atoms with Crippen LogP contribution in [0.5, 0.6) is 0 Å². The molecule has 0 fully saturated rings. The molecule has 6 heteroatoms. The topological polar surface area (TPSA) is 77.8 Å². The van der Waals surface area contributed by atoms with Gasteiger partial charge in [-0.05, 0) is 12.8 Å². The van der Waals surface area contributed by atoms with Gasteiger partial charge < -0.3 is 15.3 Å². The Labute approximate surface area is 87.8 Å². The average molecular weight is 308 g/mol. The number of hydrogen-bond acceptors (Lipinski definition) is 3. The molecular formula is C6H12Br2O4. The molecule has 3 N–H and O–H groups in total. The van der Waals surface area contributed by atoms with Crippen molar-refractivity contribution in [2.75, 3.05) is 13.2 Å². The van der Waals surface area contributed by atoms with E-state index in [1.165, 1.54) is 0 Å². The number of rotatable bonds is 4. The molecule has 0 radical (unpaired) electrons. The van der Waals surface area contributed by atoms with Gasteiger partial charge in [0.15, 0.2) is 3.74 Å². The number of hydrogen-bond donors (Lipinski definition) is 3. The minimum atomic E-state index is -0.907. The molecule has 0 bridgehead atoms. The lowest BCUT2D eigenvalue weighted by molar-refractivity contribution is -0.134. The van der Waals surface area contributed by atoms with Crippen LogP contribution in [0.2, 0.25) is 0 Å². The van der Waals surface area contributed by atoms with Crippen LogP contribution in [-0.2, 0) is 4.79 Å². The summed E-state index contributed by atoms with van der Waals surface area (Å²) in [5.74, 6) is -0.907. The van der Waals surface area contributed by atoms with Crippen LogP contribution in [0.3, 0.4) is 0 Å². The largest absolute Gasteiger partial charge is 0.480 e. The monoisotopic (exact) mass is 306 g/mol. The van der Waals surface area contributed by atoms with Crippen LogP contribution >= 0.6 is 31.9 Å². The van der Waals surface area contributed by atoms with Crippen molar-refractivity contribution in [3.63, 3.8) is 0 Å². The molecule has 0 aliphatic heterocycles. The number of aliphatic hydroxyl groups is 2. The van der Waals surface area contributed by atoms with E-state index in [-0.39, 0.29) is 13.2 Å². The second kappa shape index (κ2) is 11.4. The van der Waals surface area contributed by atoms with Gasteiger partial charge in [-0.25, -0.2) is 0 Å². The molecule has 4 nitrogen and oxygen atoms in total. The van der Waals surface area contributed by atoms with E-state index in [9.17, 15) is 4.79 Å². The first kappa shape index (κ1) is 14.9. The third-order valence-corrected chi connectivity index (χ3v) is 1.54. The van der Waals surface area contributed by atoms with Crippen molar-refractivity contribution >= 4 is 37.8 Å². The smallest absolute Gasteiger partial charge is 0.328 e. The summed E-state index contributed by atoms with van der Waals surface area (Å²) in [5.41, 5.74) is 0. The fourth-order valence-electron chi connectivity index (χ4n) is 0.224. The fraction of sp³-hybridized carbons (Fsp3) is 0.833. The lowest BCUT2D eigenvalue weighted by atomic mass is 10.3. The zero-order valence-corrected chi connectivity index (χ0v) is 9.58.